The molecule has 1 aromatic heterocycles. The van der Waals surface area contributed by atoms with Crippen molar-refractivity contribution in [3.63, 3.8) is 0 Å². The Kier molecular flexibility index (Phi) is 8.56. The maximum Gasteiger partial charge on any atom is 0.191 e. The first kappa shape index (κ1) is 22.0. The lowest BCUT2D eigenvalue weighted by molar-refractivity contribution is 0.585. The van der Waals surface area contributed by atoms with Crippen LogP contribution in [0.25, 0.3) is 10.9 Å². The summed E-state index contributed by atoms with van der Waals surface area (Å²) in [6.07, 6.45) is 2.56. The summed E-state index contributed by atoms with van der Waals surface area (Å²) in [5.74, 6) is -0.366. The van der Waals surface area contributed by atoms with E-state index >= 15 is 0 Å². The van der Waals surface area contributed by atoms with E-state index in [-0.39, 0.29) is 36.1 Å². The van der Waals surface area contributed by atoms with Crippen molar-refractivity contribution in [2.75, 3.05) is 13.1 Å². The predicted molar refractivity (Wildman–Crippen MR) is 120 cm³/mol. The number of guanidine groups is 1. The molecule has 1 heterocycles. The summed E-state index contributed by atoms with van der Waals surface area (Å²) in [5, 5.41) is 7.46. The van der Waals surface area contributed by atoms with Crippen molar-refractivity contribution in [3.8, 4) is 0 Å². The number of fused-ring (bicyclic) bond motifs is 1. The first-order valence-electron chi connectivity index (χ1n) is 8.96. The zero-order chi connectivity index (χ0) is 19.1. The second-order valence-electron chi connectivity index (χ2n) is 6.10. The summed E-state index contributed by atoms with van der Waals surface area (Å²) < 4.78 is 27.0. The monoisotopic (exact) mass is 496 g/mol. The van der Waals surface area contributed by atoms with Crippen molar-refractivity contribution < 1.29 is 8.78 Å². The highest BCUT2D eigenvalue weighted by Crippen LogP contribution is 2.16. The van der Waals surface area contributed by atoms with Gasteiger partial charge >= 0.3 is 0 Å². The fraction of sp³-hybridized carbons (Fsp3) is 0.238. The van der Waals surface area contributed by atoms with Gasteiger partial charge in [0.1, 0.15) is 11.6 Å². The number of rotatable bonds is 6. The normalized spacial score (nSPS) is 11.2. The van der Waals surface area contributed by atoms with E-state index in [1.54, 1.807) is 6.20 Å². The van der Waals surface area contributed by atoms with E-state index < -0.39 is 11.6 Å². The van der Waals surface area contributed by atoms with E-state index in [1.807, 2.05) is 31.2 Å². The van der Waals surface area contributed by atoms with E-state index in [2.05, 4.69) is 26.7 Å². The van der Waals surface area contributed by atoms with Crippen molar-refractivity contribution in [3.05, 3.63) is 77.5 Å². The molecule has 0 aliphatic heterocycles. The summed E-state index contributed by atoms with van der Waals surface area (Å²) in [7, 11) is 0. The number of nitrogens with one attached hydrogen (secondary N) is 2. The summed E-state index contributed by atoms with van der Waals surface area (Å²) in [6.45, 7) is 3.34. The van der Waals surface area contributed by atoms with Gasteiger partial charge in [0.2, 0.25) is 0 Å². The van der Waals surface area contributed by atoms with Gasteiger partial charge in [0.25, 0.3) is 0 Å². The molecule has 0 atom stereocenters. The molecule has 0 saturated carbocycles. The Bertz CT molecular complexity index is 941. The van der Waals surface area contributed by atoms with Gasteiger partial charge in [-0.2, -0.15) is 0 Å². The molecule has 0 spiro atoms. The van der Waals surface area contributed by atoms with E-state index in [0.29, 0.717) is 19.0 Å². The first-order valence-corrected chi connectivity index (χ1v) is 8.96. The lowest BCUT2D eigenvalue weighted by Gasteiger charge is -2.12. The minimum Gasteiger partial charge on any atom is -0.357 e. The lowest BCUT2D eigenvalue weighted by Crippen LogP contribution is -2.38. The minimum absolute atomic E-state index is 0. The van der Waals surface area contributed by atoms with Crippen LogP contribution in [-0.4, -0.2) is 24.0 Å². The number of pyridine rings is 1. The van der Waals surface area contributed by atoms with Gasteiger partial charge < -0.3 is 10.6 Å². The second-order valence-corrected chi connectivity index (χ2v) is 6.10. The average Bonchev–Trinajstić information content (AvgIpc) is 2.68. The van der Waals surface area contributed by atoms with E-state index in [1.165, 1.54) is 6.07 Å². The van der Waals surface area contributed by atoms with Gasteiger partial charge in [0, 0.05) is 30.2 Å². The van der Waals surface area contributed by atoms with Gasteiger partial charge in [-0.3, -0.25) is 4.98 Å². The topological polar surface area (TPSA) is 49.3 Å². The second kappa shape index (κ2) is 10.9. The van der Waals surface area contributed by atoms with Crippen LogP contribution in [0.3, 0.4) is 0 Å². The average molecular weight is 496 g/mol. The number of nitrogens with zero attached hydrogens (tertiary/aromatic N) is 2. The molecule has 3 rings (SSSR count). The van der Waals surface area contributed by atoms with Gasteiger partial charge in [0.15, 0.2) is 5.96 Å². The van der Waals surface area contributed by atoms with Gasteiger partial charge in [-0.1, -0.05) is 24.3 Å². The van der Waals surface area contributed by atoms with Gasteiger partial charge in [0.05, 0.1) is 12.1 Å². The quantitative estimate of drug-likeness (QED) is 0.302. The van der Waals surface area contributed by atoms with Gasteiger partial charge in [-0.05, 0) is 43.2 Å². The third-order valence-electron chi connectivity index (χ3n) is 4.16. The van der Waals surface area contributed by atoms with E-state index in [4.69, 9.17) is 0 Å². The maximum atomic E-state index is 13.7. The Labute approximate surface area is 180 Å². The molecule has 4 nitrogen and oxygen atoms in total. The highest BCUT2D eigenvalue weighted by atomic mass is 127. The smallest absolute Gasteiger partial charge is 0.191 e. The molecule has 2 N–H and O–H groups in total. The van der Waals surface area contributed by atoms with Crippen LogP contribution in [0.1, 0.15) is 18.1 Å². The third-order valence-corrected chi connectivity index (χ3v) is 4.16. The van der Waals surface area contributed by atoms with Gasteiger partial charge in [-0.25, -0.2) is 13.8 Å². The number of aromatic nitrogens is 1. The van der Waals surface area contributed by atoms with Crippen LogP contribution in [0.2, 0.25) is 0 Å². The molecule has 148 valence electrons. The maximum absolute atomic E-state index is 13.7. The molecular weight excluding hydrogens is 473 g/mol. The Morgan fingerprint density at radius 3 is 2.68 bits per heavy atom. The van der Waals surface area contributed by atoms with E-state index in [9.17, 15) is 8.78 Å². The summed E-state index contributed by atoms with van der Waals surface area (Å²) in [4.78, 5) is 8.81. The summed E-state index contributed by atoms with van der Waals surface area (Å²) in [5.41, 5.74) is 2.36. The molecule has 0 unspecified atom stereocenters. The minimum atomic E-state index is -0.469. The van der Waals surface area contributed by atoms with Crippen LogP contribution >= 0.6 is 24.0 Å². The fourth-order valence-electron chi connectivity index (χ4n) is 2.86. The lowest BCUT2D eigenvalue weighted by atomic mass is 10.1. The molecule has 0 aliphatic rings. The van der Waals surface area contributed by atoms with Crippen LogP contribution in [0.15, 0.2) is 59.7 Å². The van der Waals surface area contributed by atoms with Crippen molar-refractivity contribution in [2.45, 2.75) is 19.9 Å². The number of benzene rings is 2. The Balaban J connectivity index is 0.00000280. The standard InChI is InChI=1S/C21H22F2N4.HI/c1-2-24-21(27-14-17-13-18(22)8-9-19(17)23)26-12-10-16-6-3-5-15-7-4-11-25-20(15)16;/h3-9,11,13H,2,10,12,14H2,1H3,(H2,24,26,27);1H. The number of para-hydroxylation sites is 1. The first-order chi connectivity index (χ1) is 13.2. The molecule has 0 radical (unpaired) electrons. The molecule has 0 amide bonds. The largest absolute Gasteiger partial charge is 0.357 e. The number of aliphatic imine (C=N–C) groups is 1. The molecule has 7 heteroatoms. The zero-order valence-corrected chi connectivity index (χ0v) is 17.9. The van der Waals surface area contributed by atoms with Crippen molar-refractivity contribution >= 4 is 40.8 Å². The Hall–Kier alpha value is -2.29. The van der Waals surface area contributed by atoms with Crippen molar-refractivity contribution in [1.82, 2.24) is 15.6 Å². The van der Waals surface area contributed by atoms with Crippen LogP contribution in [0.5, 0.6) is 0 Å². The Morgan fingerprint density at radius 1 is 1.04 bits per heavy atom. The van der Waals surface area contributed by atoms with Crippen LogP contribution in [-0.2, 0) is 13.0 Å². The Morgan fingerprint density at radius 2 is 1.86 bits per heavy atom. The highest BCUT2D eigenvalue weighted by Gasteiger charge is 2.05. The SMILES string of the molecule is CCNC(=NCc1cc(F)ccc1F)NCCc1cccc2cccnc12.I. The summed E-state index contributed by atoms with van der Waals surface area (Å²) >= 11 is 0. The predicted octanol–water partition coefficient (Wildman–Crippen LogP) is 4.43. The van der Waals surface area contributed by atoms with Gasteiger partial charge in [-0.15, -0.1) is 24.0 Å². The summed E-state index contributed by atoms with van der Waals surface area (Å²) in [6, 6.07) is 13.5. The highest BCUT2D eigenvalue weighted by molar-refractivity contribution is 14.0. The molecule has 3 aromatic rings. The molecule has 0 aliphatic carbocycles. The zero-order valence-electron chi connectivity index (χ0n) is 15.6. The fourth-order valence-corrected chi connectivity index (χ4v) is 2.86. The number of hydrogen-bond acceptors (Lipinski definition) is 2. The molecule has 2 aromatic carbocycles. The molecular formula is C21H23F2IN4. The number of hydrogen-bond donors (Lipinski definition) is 2. The molecule has 28 heavy (non-hydrogen) atoms. The molecule has 0 bridgehead atoms. The van der Waals surface area contributed by atoms with Crippen LogP contribution < -0.4 is 10.6 Å². The van der Waals surface area contributed by atoms with Crippen LogP contribution in [0, 0.1) is 11.6 Å². The molecule has 0 saturated heterocycles. The van der Waals surface area contributed by atoms with Crippen LogP contribution in [0.4, 0.5) is 8.78 Å². The van der Waals surface area contributed by atoms with Crippen molar-refractivity contribution in [1.29, 1.82) is 0 Å². The number of halogens is 3. The van der Waals surface area contributed by atoms with E-state index in [0.717, 1.165) is 35.0 Å². The van der Waals surface area contributed by atoms with Crippen molar-refractivity contribution in [2.24, 2.45) is 4.99 Å². The molecule has 0 fully saturated rings. The third kappa shape index (κ3) is 5.85.